The predicted molar refractivity (Wildman–Crippen MR) is 145 cm³/mol. The minimum absolute atomic E-state index is 0.0811. The van der Waals surface area contributed by atoms with E-state index in [0.29, 0.717) is 28.5 Å². The largest absolute Gasteiger partial charge is 0.507 e. The first-order valence-electron chi connectivity index (χ1n) is 11.8. The van der Waals surface area contributed by atoms with Gasteiger partial charge in [0.25, 0.3) is 11.7 Å². The number of hydrogen-bond donors (Lipinski definition) is 1. The molecule has 198 valence electrons. The first-order chi connectivity index (χ1) is 18.2. The Morgan fingerprint density at radius 1 is 0.789 bits per heavy atom. The van der Waals surface area contributed by atoms with Gasteiger partial charge in [-0.2, -0.15) is 0 Å². The van der Waals surface area contributed by atoms with E-state index in [-0.39, 0.29) is 22.6 Å². The molecule has 1 heterocycles. The molecule has 1 aliphatic rings. The van der Waals surface area contributed by atoms with Crippen LogP contribution in [0.5, 0.6) is 23.0 Å². The SMILES string of the molecule is COc1ccc(/C(O)=C2\C(=O)C(=O)N(c3ccc(N(C)C)cc3)C2c2ccc(OC)c(OC)c2)c(OC)c1. The van der Waals surface area contributed by atoms with Gasteiger partial charge in [0.1, 0.15) is 17.3 Å². The highest BCUT2D eigenvalue weighted by Crippen LogP contribution is 2.45. The van der Waals surface area contributed by atoms with Gasteiger partial charge in [-0.15, -0.1) is 0 Å². The number of benzene rings is 3. The van der Waals surface area contributed by atoms with Gasteiger partial charge in [0.05, 0.1) is 45.6 Å². The molecule has 1 N–H and O–H groups in total. The summed E-state index contributed by atoms with van der Waals surface area (Å²) in [6.45, 7) is 0. The van der Waals surface area contributed by atoms with Crippen LogP contribution in [0.4, 0.5) is 11.4 Å². The predicted octanol–water partition coefficient (Wildman–Crippen LogP) is 4.41. The summed E-state index contributed by atoms with van der Waals surface area (Å²) in [5.74, 6) is -0.255. The van der Waals surface area contributed by atoms with Gasteiger partial charge >= 0.3 is 0 Å². The number of hydrogen-bond acceptors (Lipinski definition) is 8. The van der Waals surface area contributed by atoms with Crippen molar-refractivity contribution in [3.63, 3.8) is 0 Å². The Morgan fingerprint density at radius 2 is 1.45 bits per heavy atom. The van der Waals surface area contributed by atoms with Crippen LogP contribution >= 0.6 is 0 Å². The number of carbonyl (C=O) groups is 2. The summed E-state index contributed by atoms with van der Waals surface area (Å²) in [5.41, 5.74) is 2.14. The highest BCUT2D eigenvalue weighted by atomic mass is 16.5. The average Bonchev–Trinajstić information content (AvgIpc) is 3.21. The van der Waals surface area contributed by atoms with Gasteiger partial charge in [0.2, 0.25) is 0 Å². The first-order valence-corrected chi connectivity index (χ1v) is 11.8. The summed E-state index contributed by atoms with van der Waals surface area (Å²) in [4.78, 5) is 30.3. The molecule has 0 aliphatic carbocycles. The Hall–Kier alpha value is -4.66. The second-order valence-electron chi connectivity index (χ2n) is 8.76. The number of aliphatic hydroxyl groups is 1. The molecule has 4 rings (SSSR count). The molecule has 3 aromatic carbocycles. The Kier molecular flexibility index (Phi) is 7.47. The summed E-state index contributed by atoms with van der Waals surface area (Å²) in [7, 11) is 9.80. The zero-order valence-electron chi connectivity index (χ0n) is 22.1. The molecule has 3 aromatic rings. The lowest BCUT2D eigenvalue weighted by Crippen LogP contribution is -2.29. The molecule has 0 aromatic heterocycles. The maximum absolute atomic E-state index is 13.5. The average molecular weight is 519 g/mol. The zero-order valence-corrected chi connectivity index (χ0v) is 22.1. The fraction of sp³-hybridized carbons (Fsp3) is 0.241. The lowest BCUT2D eigenvalue weighted by molar-refractivity contribution is -0.132. The van der Waals surface area contributed by atoms with Gasteiger partial charge in [0, 0.05) is 31.5 Å². The third-order valence-corrected chi connectivity index (χ3v) is 6.48. The second-order valence-corrected chi connectivity index (χ2v) is 8.76. The maximum Gasteiger partial charge on any atom is 0.300 e. The van der Waals surface area contributed by atoms with Crippen molar-refractivity contribution in [2.75, 3.05) is 52.3 Å². The normalized spacial score (nSPS) is 16.4. The number of aliphatic hydroxyl groups excluding tert-OH is 1. The number of ketones is 1. The van der Waals surface area contributed by atoms with Crippen molar-refractivity contribution in [3.8, 4) is 23.0 Å². The van der Waals surface area contributed by atoms with E-state index in [2.05, 4.69) is 0 Å². The van der Waals surface area contributed by atoms with Crippen LogP contribution in [0.2, 0.25) is 0 Å². The molecule has 0 bridgehead atoms. The Bertz CT molecular complexity index is 1400. The number of rotatable bonds is 8. The van der Waals surface area contributed by atoms with E-state index in [1.54, 1.807) is 48.5 Å². The van der Waals surface area contributed by atoms with Crippen molar-refractivity contribution in [1.29, 1.82) is 0 Å². The second kappa shape index (κ2) is 10.8. The Labute approximate surface area is 221 Å². The van der Waals surface area contributed by atoms with Crippen molar-refractivity contribution in [1.82, 2.24) is 0 Å². The van der Waals surface area contributed by atoms with Gasteiger partial charge < -0.3 is 29.0 Å². The summed E-state index contributed by atoms with van der Waals surface area (Å²) in [6.07, 6.45) is 0. The fourth-order valence-corrected chi connectivity index (χ4v) is 4.49. The van der Waals surface area contributed by atoms with Crippen molar-refractivity contribution >= 4 is 28.8 Å². The Balaban J connectivity index is 1.97. The Morgan fingerprint density at radius 3 is 2.03 bits per heavy atom. The molecule has 0 radical (unpaired) electrons. The van der Waals surface area contributed by atoms with E-state index >= 15 is 0 Å². The van der Waals surface area contributed by atoms with E-state index in [0.717, 1.165) is 5.69 Å². The quantitative estimate of drug-likeness (QED) is 0.266. The van der Waals surface area contributed by atoms with Crippen molar-refractivity contribution in [2.45, 2.75) is 6.04 Å². The lowest BCUT2D eigenvalue weighted by Gasteiger charge is -2.26. The van der Waals surface area contributed by atoms with Crippen LogP contribution in [0.25, 0.3) is 5.76 Å². The van der Waals surface area contributed by atoms with Gasteiger partial charge in [0.15, 0.2) is 11.5 Å². The molecule has 9 nitrogen and oxygen atoms in total. The zero-order chi connectivity index (χ0) is 27.6. The van der Waals surface area contributed by atoms with Crippen molar-refractivity contribution in [3.05, 3.63) is 77.4 Å². The highest BCUT2D eigenvalue weighted by Gasteiger charge is 2.47. The van der Waals surface area contributed by atoms with Crippen LogP contribution < -0.4 is 28.7 Å². The standard InChI is InChI=1S/C29H30N2O7/c1-30(2)18-8-10-19(11-9-18)31-26(17-7-14-22(36-4)24(15-17)38-6)25(28(33)29(31)34)27(32)21-13-12-20(35-3)16-23(21)37-5/h7-16,26,32H,1-6H3/b27-25+. The van der Waals surface area contributed by atoms with Crippen LogP contribution in [-0.2, 0) is 9.59 Å². The van der Waals surface area contributed by atoms with Crippen LogP contribution in [0.1, 0.15) is 17.2 Å². The first kappa shape index (κ1) is 26.4. The smallest absolute Gasteiger partial charge is 0.300 e. The van der Waals surface area contributed by atoms with Gasteiger partial charge in [-0.1, -0.05) is 6.07 Å². The van der Waals surface area contributed by atoms with Crippen LogP contribution in [0.3, 0.4) is 0 Å². The van der Waals surface area contributed by atoms with Crippen molar-refractivity contribution < 1.29 is 33.6 Å². The number of ether oxygens (including phenoxy) is 4. The molecule has 38 heavy (non-hydrogen) atoms. The van der Waals surface area contributed by atoms with E-state index < -0.39 is 17.7 Å². The number of nitrogens with zero attached hydrogens (tertiary/aromatic N) is 2. The maximum atomic E-state index is 13.5. The minimum atomic E-state index is -0.952. The molecule has 1 atom stereocenters. The summed E-state index contributed by atoms with van der Waals surface area (Å²) < 4.78 is 21.6. The summed E-state index contributed by atoms with van der Waals surface area (Å²) >= 11 is 0. The van der Waals surface area contributed by atoms with Crippen LogP contribution in [0, 0.1) is 0 Å². The van der Waals surface area contributed by atoms with E-state index in [1.807, 2.05) is 31.1 Å². The van der Waals surface area contributed by atoms with Gasteiger partial charge in [-0.3, -0.25) is 14.5 Å². The minimum Gasteiger partial charge on any atom is -0.507 e. The van der Waals surface area contributed by atoms with E-state index in [1.165, 1.54) is 33.3 Å². The van der Waals surface area contributed by atoms with Gasteiger partial charge in [-0.25, -0.2) is 0 Å². The molecule has 1 amide bonds. The molecular weight excluding hydrogens is 488 g/mol. The van der Waals surface area contributed by atoms with Crippen LogP contribution in [0.15, 0.2) is 66.2 Å². The summed E-state index contributed by atoms with van der Waals surface area (Å²) in [6, 6.07) is 16.2. The van der Waals surface area contributed by atoms with E-state index in [4.69, 9.17) is 18.9 Å². The number of amides is 1. The molecule has 1 aliphatic heterocycles. The molecule has 0 spiro atoms. The van der Waals surface area contributed by atoms with Crippen molar-refractivity contribution in [2.24, 2.45) is 0 Å². The monoisotopic (exact) mass is 518 g/mol. The lowest BCUT2D eigenvalue weighted by atomic mass is 9.94. The fourth-order valence-electron chi connectivity index (χ4n) is 4.49. The number of methoxy groups -OCH3 is 4. The molecular formula is C29H30N2O7. The summed E-state index contributed by atoms with van der Waals surface area (Å²) in [5, 5.41) is 11.5. The third kappa shape index (κ3) is 4.58. The topological polar surface area (TPSA) is 97.8 Å². The number of Topliss-reactive ketones (excluding diaryl/α,β-unsaturated/α-hetero) is 1. The third-order valence-electron chi connectivity index (χ3n) is 6.48. The van der Waals surface area contributed by atoms with E-state index in [9.17, 15) is 14.7 Å². The molecule has 1 unspecified atom stereocenters. The van der Waals surface area contributed by atoms with Crippen LogP contribution in [-0.4, -0.2) is 59.3 Å². The van der Waals surface area contributed by atoms with Gasteiger partial charge in [-0.05, 0) is 54.1 Å². The molecule has 0 saturated carbocycles. The highest BCUT2D eigenvalue weighted by molar-refractivity contribution is 6.51. The number of carbonyl (C=O) groups excluding carboxylic acids is 2. The number of anilines is 2. The molecule has 1 saturated heterocycles. The molecule has 9 heteroatoms. The molecule has 1 fully saturated rings.